The molecule has 0 radical (unpaired) electrons. The SMILES string of the molecule is CCOP(=O)(O)Cc1ccccc1OC. The summed E-state index contributed by atoms with van der Waals surface area (Å²) in [6, 6.07) is 7.11. The molecule has 15 heavy (non-hydrogen) atoms. The van der Waals surface area contributed by atoms with Gasteiger partial charge in [0.15, 0.2) is 0 Å². The van der Waals surface area contributed by atoms with E-state index >= 15 is 0 Å². The second-order valence-corrected chi connectivity index (χ2v) is 4.87. The molecular formula is C10H15O4P. The first-order chi connectivity index (χ1) is 7.09. The van der Waals surface area contributed by atoms with Crippen molar-refractivity contribution in [2.75, 3.05) is 13.7 Å². The van der Waals surface area contributed by atoms with E-state index in [0.29, 0.717) is 11.3 Å². The summed E-state index contributed by atoms with van der Waals surface area (Å²) in [4.78, 5) is 9.47. The molecule has 1 N–H and O–H groups in total. The lowest BCUT2D eigenvalue weighted by Gasteiger charge is -2.12. The highest BCUT2D eigenvalue weighted by Crippen LogP contribution is 2.46. The molecule has 1 rings (SSSR count). The van der Waals surface area contributed by atoms with E-state index in [1.54, 1.807) is 25.1 Å². The first-order valence-electron chi connectivity index (χ1n) is 4.67. The molecule has 0 aliphatic heterocycles. The van der Waals surface area contributed by atoms with Crippen LogP contribution in [-0.2, 0) is 15.3 Å². The summed E-state index contributed by atoms with van der Waals surface area (Å²) in [5.74, 6) is 0.603. The van der Waals surface area contributed by atoms with Crippen LogP contribution in [0.25, 0.3) is 0 Å². The third-order valence-electron chi connectivity index (χ3n) is 1.89. The Morgan fingerprint density at radius 2 is 2.07 bits per heavy atom. The number of methoxy groups -OCH3 is 1. The fourth-order valence-corrected chi connectivity index (χ4v) is 2.48. The van der Waals surface area contributed by atoms with E-state index in [0.717, 1.165) is 0 Å². The minimum absolute atomic E-state index is 0.0230. The fraction of sp³-hybridized carbons (Fsp3) is 0.400. The Morgan fingerprint density at radius 3 is 2.67 bits per heavy atom. The van der Waals surface area contributed by atoms with Gasteiger partial charge in [0, 0.05) is 5.56 Å². The molecule has 1 unspecified atom stereocenters. The molecule has 0 spiro atoms. The minimum Gasteiger partial charge on any atom is -0.496 e. The largest absolute Gasteiger partial charge is 0.496 e. The monoisotopic (exact) mass is 230 g/mol. The molecule has 0 heterocycles. The van der Waals surface area contributed by atoms with E-state index in [1.807, 2.05) is 6.07 Å². The molecular weight excluding hydrogens is 215 g/mol. The zero-order valence-electron chi connectivity index (χ0n) is 8.84. The van der Waals surface area contributed by atoms with Crippen molar-refractivity contribution in [3.05, 3.63) is 29.8 Å². The highest BCUT2D eigenvalue weighted by molar-refractivity contribution is 7.51. The third kappa shape index (κ3) is 3.67. The number of para-hydroxylation sites is 1. The second-order valence-electron chi connectivity index (χ2n) is 3.03. The Morgan fingerprint density at radius 1 is 1.40 bits per heavy atom. The minimum atomic E-state index is -3.53. The van der Waals surface area contributed by atoms with Crippen molar-refractivity contribution in [3.63, 3.8) is 0 Å². The smallest absolute Gasteiger partial charge is 0.332 e. The van der Waals surface area contributed by atoms with Crippen LogP contribution in [0.4, 0.5) is 0 Å². The van der Waals surface area contributed by atoms with Gasteiger partial charge in [-0.1, -0.05) is 18.2 Å². The van der Waals surface area contributed by atoms with Gasteiger partial charge in [-0.15, -0.1) is 0 Å². The van der Waals surface area contributed by atoms with Crippen LogP contribution >= 0.6 is 7.60 Å². The molecule has 84 valence electrons. The van der Waals surface area contributed by atoms with Crippen LogP contribution in [-0.4, -0.2) is 18.6 Å². The van der Waals surface area contributed by atoms with E-state index < -0.39 is 7.60 Å². The van der Waals surface area contributed by atoms with E-state index in [4.69, 9.17) is 9.26 Å². The van der Waals surface area contributed by atoms with Crippen molar-refractivity contribution < 1.29 is 18.7 Å². The van der Waals surface area contributed by atoms with Gasteiger partial charge in [0.05, 0.1) is 19.9 Å². The molecule has 1 aromatic rings. The van der Waals surface area contributed by atoms with Crippen molar-refractivity contribution in [3.8, 4) is 5.75 Å². The highest BCUT2D eigenvalue weighted by atomic mass is 31.2. The van der Waals surface area contributed by atoms with Crippen molar-refractivity contribution in [1.82, 2.24) is 0 Å². The van der Waals surface area contributed by atoms with Gasteiger partial charge in [-0.2, -0.15) is 0 Å². The number of hydrogen-bond donors (Lipinski definition) is 1. The first kappa shape index (κ1) is 12.2. The zero-order valence-corrected chi connectivity index (χ0v) is 9.74. The summed E-state index contributed by atoms with van der Waals surface area (Å²) in [5, 5.41) is 0. The molecule has 0 saturated heterocycles. The maximum absolute atomic E-state index is 11.5. The summed E-state index contributed by atoms with van der Waals surface area (Å²) < 4.78 is 21.4. The average Bonchev–Trinajstić information content (AvgIpc) is 2.17. The van der Waals surface area contributed by atoms with Gasteiger partial charge < -0.3 is 14.2 Å². The van der Waals surface area contributed by atoms with E-state index in [9.17, 15) is 9.46 Å². The standard InChI is InChI=1S/C10H15O4P/c1-3-14-15(11,12)8-9-6-4-5-7-10(9)13-2/h4-7H,3,8H2,1-2H3,(H,11,12). The van der Waals surface area contributed by atoms with Crippen molar-refractivity contribution in [2.45, 2.75) is 13.1 Å². The summed E-state index contributed by atoms with van der Waals surface area (Å²) >= 11 is 0. The molecule has 0 aromatic heterocycles. The quantitative estimate of drug-likeness (QED) is 0.789. The van der Waals surface area contributed by atoms with Gasteiger partial charge in [0.1, 0.15) is 5.75 Å². The van der Waals surface area contributed by atoms with Crippen molar-refractivity contribution in [2.24, 2.45) is 0 Å². The topological polar surface area (TPSA) is 55.8 Å². The van der Waals surface area contributed by atoms with Gasteiger partial charge in [-0.25, -0.2) is 0 Å². The molecule has 4 nitrogen and oxygen atoms in total. The van der Waals surface area contributed by atoms with Crippen LogP contribution in [0.2, 0.25) is 0 Å². The Bertz CT molecular complexity index is 364. The van der Waals surface area contributed by atoms with E-state index in [1.165, 1.54) is 7.11 Å². The molecule has 0 fully saturated rings. The number of rotatable bonds is 5. The number of ether oxygens (including phenoxy) is 1. The summed E-state index contributed by atoms with van der Waals surface area (Å²) in [5.41, 5.74) is 0.680. The molecule has 1 atom stereocenters. The maximum Gasteiger partial charge on any atom is 0.332 e. The first-order valence-corrected chi connectivity index (χ1v) is 6.43. The van der Waals surface area contributed by atoms with Gasteiger partial charge in [-0.05, 0) is 13.0 Å². The lowest BCUT2D eigenvalue weighted by molar-refractivity contribution is 0.272. The summed E-state index contributed by atoms with van der Waals surface area (Å²) in [6.07, 6.45) is -0.0230. The van der Waals surface area contributed by atoms with Crippen molar-refractivity contribution >= 4 is 7.60 Å². The van der Waals surface area contributed by atoms with Crippen LogP contribution in [0.3, 0.4) is 0 Å². The van der Waals surface area contributed by atoms with Crippen molar-refractivity contribution in [1.29, 1.82) is 0 Å². The number of benzene rings is 1. The predicted molar refractivity (Wildman–Crippen MR) is 58.1 cm³/mol. The lowest BCUT2D eigenvalue weighted by atomic mass is 10.2. The average molecular weight is 230 g/mol. The maximum atomic E-state index is 11.5. The Labute approximate surface area is 89.4 Å². The Hall–Kier alpha value is -0.830. The summed E-state index contributed by atoms with van der Waals surface area (Å²) in [6.45, 7) is 1.91. The van der Waals surface area contributed by atoms with E-state index in [-0.39, 0.29) is 12.8 Å². The van der Waals surface area contributed by atoms with Gasteiger partial charge in [0.2, 0.25) is 0 Å². The summed E-state index contributed by atoms with van der Waals surface area (Å²) in [7, 11) is -2.00. The normalized spacial score (nSPS) is 14.6. The van der Waals surface area contributed by atoms with Crippen LogP contribution in [0, 0.1) is 0 Å². The number of hydrogen-bond acceptors (Lipinski definition) is 3. The van der Waals surface area contributed by atoms with E-state index in [2.05, 4.69) is 0 Å². The third-order valence-corrected chi connectivity index (χ3v) is 3.30. The second kappa shape index (κ2) is 5.31. The van der Waals surface area contributed by atoms with Gasteiger partial charge >= 0.3 is 7.60 Å². The molecule has 0 saturated carbocycles. The van der Waals surface area contributed by atoms with Crippen LogP contribution < -0.4 is 4.74 Å². The predicted octanol–water partition coefficient (Wildman–Crippen LogP) is 2.42. The Kier molecular flexibility index (Phi) is 4.33. The van der Waals surface area contributed by atoms with Crippen LogP contribution in [0.1, 0.15) is 12.5 Å². The molecule has 5 heteroatoms. The molecule has 1 aromatic carbocycles. The zero-order chi connectivity index (χ0) is 11.3. The highest BCUT2D eigenvalue weighted by Gasteiger charge is 2.20. The molecule has 0 aliphatic rings. The lowest BCUT2D eigenvalue weighted by Crippen LogP contribution is -1.96. The molecule has 0 bridgehead atoms. The van der Waals surface area contributed by atoms with Crippen LogP contribution in [0.15, 0.2) is 24.3 Å². The Balaban J connectivity index is 2.84. The van der Waals surface area contributed by atoms with Gasteiger partial charge in [-0.3, -0.25) is 4.57 Å². The molecule has 0 aliphatic carbocycles. The molecule has 0 amide bonds. The fourth-order valence-electron chi connectivity index (χ4n) is 1.30. The van der Waals surface area contributed by atoms with Gasteiger partial charge in [0.25, 0.3) is 0 Å². The van der Waals surface area contributed by atoms with Crippen LogP contribution in [0.5, 0.6) is 5.75 Å².